The third kappa shape index (κ3) is 2.84. The Morgan fingerprint density at radius 3 is 2.44 bits per heavy atom. The van der Waals surface area contributed by atoms with Gasteiger partial charge >= 0.3 is 0 Å². The molecule has 5 heteroatoms. The number of benzene rings is 1. The monoisotopic (exact) mass is 277 g/mol. The van der Waals surface area contributed by atoms with Gasteiger partial charge < -0.3 is 4.90 Å². The second-order valence-electron chi connectivity index (χ2n) is 3.37. The Kier molecular flexibility index (Phi) is 4.96. The van der Waals surface area contributed by atoms with Crippen molar-refractivity contribution in [1.82, 2.24) is 4.90 Å². The van der Waals surface area contributed by atoms with Crippen LogP contribution in [-0.4, -0.2) is 30.7 Å². The first-order chi connectivity index (χ1) is 7.49. The number of nitrogens with zero attached hydrogens (tertiary/aromatic N) is 1. The van der Waals surface area contributed by atoms with E-state index in [0.717, 1.165) is 10.6 Å². The molecule has 1 aromatic rings. The molecule has 88 valence electrons. The van der Waals surface area contributed by atoms with Crippen LogP contribution in [0.2, 0.25) is 10.0 Å². The largest absolute Gasteiger partial charge is 0.345 e. The first-order valence-corrected chi connectivity index (χ1v) is 6.55. The summed E-state index contributed by atoms with van der Waals surface area (Å²) >= 11 is 13.8. The number of carbonyl (C=O) groups is 1. The third-order valence-corrected chi connectivity index (χ3v) is 3.92. The van der Waals surface area contributed by atoms with Gasteiger partial charge in [0.25, 0.3) is 5.91 Å². The van der Waals surface area contributed by atoms with E-state index in [0.29, 0.717) is 15.6 Å². The maximum atomic E-state index is 11.8. The first-order valence-electron chi connectivity index (χ1n) is 4.81. The van der Waals surface area contributed by atoms with Crippen molar-refractivity contribution in [2.75, 3.05) is 19.8 Å². The van der Waals surface area contributed by atoms with Crippen molar-refractivity contribution in [1.29, 1.82) is 0 Å². The van der Waals surface area contributed by atoms with E-state index in [1.807, 2.05) is 13.0 Å². The summed E-state index contributed by atoms with van der Waals surface area (Å²) < 4.78 is 0. The third-order valence-electron chi connectivity index (χ3n) is 1.98. The molecule has 0 atom stereocenters. The summed E-state index contributed by atoms with van der Waals surface area (Å²) in [6.07, 6.45) is 0. The lowest BCUT2D eigenvalue weighted by Gasteiger charge is -2.13. The molecule has 1 aromatic carbocycles. The van der Waals surface area contributed by atoms with E-state index in [2.05, 4.69) is 0 Å². The summed E-state index contributed by atoms with van der Waals surface area (Å²) in [4.78, 5) is 14.1. The predicted molar refractivity (Wildman–Crippen MR) is 70.9 cm³/mol. The Balaban J connectivity index is 3.16. The fourth-order valence-electron chi connectivity index (χ4n) is 1.20. The molecule has 1 amide bonds. The maximum absolute atomic E-state index is 11.8. The average molecular weight is 278 g/mol. The maximum Gasteiger partial charge on any atom is 0.254 e. The molecule has 0 unspecified atom stereocenters. The standard InChI is InChI=1S/C11H13Cl2NOS/c1-4-16-8-6-5-7(9(12)10(8)13)11(15)14(2)3/h5-6H,4H2,1-3H3. The van der Waals surface area contributed by atoms with Crippen molar-refractivity contribution in [2.24, 2.45) is 0 Å². The minimum Gasteiger partial charge on any atom is -0.345 e. The van der Waals surface area contributed by atoms with Gasteiger partial charge in [-0.1, -0.05) is 30.1 Å². The summed E-state index contributed by atoms with van der Waals surface area (Å²) in [6.45, 7) is 2.04. The van der Waals surface area contributed by atoms with E-state index in [4.69, 9.17) is 23.2 Å². The summed E-state index contributed by atoms with van der Waals surface area (Å²) in [5.74, 6) is 0.775. The molecule has 0 aliphatic heterocycles. The Morgan fingerprint density at radius 1 is 1.31 bits per heavy atom. The van der Waals surface area contributed by atoms with E-state index in [-0.39, 0.29) is 5.91 Å². The lowest BCUT2D eigenvalue weighted by molar-refractivity contribution is 0.0827. The topological polar surface area (TPSA) is 20.3 Å². The molecule has 16 heavy (non-hydrogen) atoms. The number of halogens is 2. The van der Waals surface area contributed by atoms with Crippen LogP contribution in [0.25, 0.3) is 0 Å². The molecule has 0 spiro atoms. The summed E-state index contributed by atoms with van der Waals surface area (Å²) in [6, 6.07) is 3.55. The normalized spacial score (nSPS) is 10.3. The molecule has 1 rings (SSSR count). The molecule has 0 radical (unpaired) electrons. The highest BCUT2D eigenvalue weighted by Gasteiger charge is 2.16. The molecule has 0 heterocycles. The zero-order chi connectivity index (χ0) is 12.3. The predicted octanol–water partition coefficient (Wildman–Crippen LogP) is 3.81. The summed E-state index contributed by atoms with van der Waals surface area (Å²) in [7, 11) is 3.36. The fraction of sp³-hybridized carbons (Fsp3) is 0.364. The lowest BCUT2D eigenvalue weighted by atomic mass is 10.2. The molecule has 2 nitrogen and oxygen atoms in total. The molecular weight excluding hydrogens is 265 g/mol. The average Bonchev–Trinajstić information content (AvgIpc) is 2.24. The van der Waals surface area contributed by atoms with Crippen LogP contribution in [0.4, 0.5) is 0 Å². The van der Waals surface area contributed by atoms with Crippen molar-refractivity contribution >= 4 is 40.9 Å². The van der Waals surface area contributed by atoms with Gasteiger partial charge in [-0.15, -0.1) is 11.8 Å². The van der Waals surface area contributed by atoms with Crippen molar-refractivity contribution in [2.45, 2.75) is 11.8 Å². The van der Waals surface area contributed by atoms with E-state index in [1.165, 1.54) is 4.90 Å². The van der Waals surface area contributed by atoms with Crippen molar-refractivity contribution in [3.63, 3.8) is 0 Å². The molecule has 0 saturated heterocycles. The molecule has 0 saturated carbocycles. The Bertz CT molecular complexity index is 407. The summed E-state index contributed by atoms with van der Waals surface area (Å²) in [5.41, 5.74) is 0.442. The van der Waals surface area contributed by atoms with Gasteiger partial charge in [-0.05, 0) is 17.9 Å². The van der Waals surface area contributed by atoms with Gasteiger partial charge in [0.1, 0.15) is 0 Å². The number of thioether (sulfide) groups is 1. The van der Waals surface area contributed by atoms with Crippen LogP contribution < -0.4 is 0 Å². The number of hydrogen-bond acceptors (Lipinski definition) is 2. The SMILES string of the molecule is CCSc1ccc(C(=O)N(C)C)c(Cl)c1Cl. The van der Waals surface area contributed by atoms with Gasteiger partial charge in [-0.3, -0.25) is 4.79 Å². The van der Waals surface area contributed by atoms with Crippen LogP contribution in [0.1, 0.15) is 17.3 Å². The van der Waals surface area contributed by atoms with Crippen LogP contribution in [0.3, 0.4) is 0 Å². The van der Waals surface area contributed by atoms with Gasteiger partial charge in [0.05, 0.1) is 15.6 Å². The summed E-state index contributed by atoms with van der Waals surface area (Å²) in [5, 5.41) is 0.792. The zero-order valence-electron chi connectivity index (χ0n) is 9.38. The van der Waals surface area contributed by atoms with E-state index in [1.54, 1.807) is 31.9 Å². The molecule has 0 fully saturated rings. The van der Waals surface area contributed by atoms with E-state index in [9.17, 15) is 4.79 Å². The lowest BCUT2D eigenvalue weighted by Crippen LogP contribution is -2.22. The molecule has 0 aliphatic carbocycles. The van der Waals surface area contributed by atoms with Gasteiger partial charge in [0, 0.05) is 19.0 Å². The van der Waals surface area contributed by atoms with E-state index >= 15 is 0 Å². The molecule has 0 aromatic heterocycles. The molecule has 0 N–H and O–H groups in total. The van der Waals surface area contributed by atoms with Gasteiger partial charge in [-0.2, -0.15) is 0 Å². The van der Waals surface area contributed by atoms with Gasteiger partial charge in [0.2, 0.25) is 0 Å². The second-order valence-corrected chi connectivity index (χ2v) is 5.43. The van der Waals surface area contributed by atoms with Gasteiger partial charge in [-0.25, -0.2) is 0 Å². The number of amides is 1. The Hall–Kier alpha value is -0.380. The second kappa shape index (κ2) is 5.80. The molecule has 0 aliphatic rings. The minimum absolute atomic E-state index is 0.139. The van der Waals surface area contributed by atoms with Gasteiger partial charge in [0.15, 0.2) is 0 Å². The highest BCUT2D eigenvalue weighted by molar-refractivity contribution is 7.99. The fourth-order valence-corrected chi connectivity index (χ4v) is 2.54. The first kappa shape index (κ1) is 13.7. The number of rotatable bonds is 3. The van der Waals surface area contributed by atoms with Crippen molar-refractivity contribution < 1.29 is 4.79 Å². The zero-order valence-corrected chi connectivity index (χ0v) is 11.7. The molecule has 0 bridgehead atoms. The highest BCUT2D eigenvalue weighted by Crippen LogP contribution is 2.35. The van der Waals surface area contributed by atoms with Crippen LogP contribution in [0.5, 0.6) is 0 Å². The number of carbonyl (C=O) groups excluding carboxylic acids is 1. The highest BCUT2D eigenvalue weighted by atomic mass is 35.5. The minimum atomic E-state index is -0.139. The van der Waals surface area contributed by atoms with E-state index < -0.39 is 0 Å². The smallest absolute Gasteiger partial charge is 0.254 e. The quantitative estimate of drug-likeness (QED) is 0.784. The van der Waals surface area contributed by atoms with Crippen LogP contribution in [0.15, 0.2) is 17.0 Å². The Morgan fingerprint density at radius 2 is 1.94 bits per heavy atom. The number of hydrogen-bond donors (Lipinski definition) is 0. The Labute approximate surface area is 110 Å². The molecular formula is C11H13Cl2NOS. The van der Waals surface area contributed by atoms with Crippen molar-refractivity contribution in [3.05, 3.63) is 27.7 Å². The van der Waals surface area contributed by atoms with Crippen LogP contribution in [0, 0.1) is 0 Å². The van der Waals surface area contributed by atoms with Crippen LogP contribution >= 0.6 is 35.0 Å². The van der Waals surface area contributed by atoms with Crippen molar-refractivity contribution in [3.8, 4) is 0 Å². The van der Waals surface area contributed by atoms with Crippen LogP contribution in [-0.2, 0) is 0 Å².